The fraction of sp³-hybridized carbons (Fsp3) is 0.273. The minimum Gasteiger partial charge on any atom is -0.147 e. The Morgan fingerprint density at radius 2 is 1.42 bits per heavy atom. The number of hydrogen-bond donors (Lipinski definition) is 0. The van der Waals surface area contributed by atoms with Gasteiger partial charge in [-0.1, -0.05) is 0 Å². The van der Waals surface area contributed by atoms with Crippen molar-refractivity contribution in [3.05, 3.63) is 80.7 Å². The average Bonchev–Trinajstić information content (AvgIpc) is 3.18. The summed E-state index contributed by atoms with van der Waals surface area (Å²) in [6.45, 7) is 4.67. The molecule has 0 unspecified atom stereocenters. The number of hydrogen-bond acceptors (Lipinski definition) is 0. The zero-order valence-corrected chi connectivity index (χ0v) is 21.3. The van der Waals surface area contributed by atoms with E-state index in [0.717, 1.165) is 6.42 Å². The van der Waals surface area contributed by atoms with E-state index < -0.39 is 17.4 Å². The van der Waals surface area contributed by atoms with Crippen molar-refractivity contribution in [3.8, 4) is 11.1 Å². The van der Waals surface area contributed by atoms with Gasteiger partial charge in [0.1, 0.15) is 0 Å². The molecular formula is C22H28Cl2SiZr. The van der Waals surface area contributed by atoms with Crippen molar-refractivity contribution in [3.63, 3.8) is 0 Å². The third-order valence-corrected chi connectivity index (χ3v) is 23.4. The second-order valence-corrected chi connectivity index (χ2v) is 38.1. The van der Waals surface area contributed by atoms with Crippen LogP contribution in [0.15, 0.2) is 69.5 Å². The summed E-state index contributed by atoms with van der Waals surface area (Å²) in [4.78, 5) is 0. The summed E-state index contributed by atoms with van der Waals surface area (Å²) in [5.74, 6) is 0. The van der Waals surface area contributed by atoms with E-state index in [0.29, 0.717) is 3.63 Å². The molecule has 0 aliphatic heterocycles. The first-order valence-corrected chi connectivity index (χ1v) is 22.5. The molecule has 0 amide bonds. The van der Waals surface area contributed by atoms with Crippen molar-refractivity contribution in [2.45, 2.75) is 32.7 Å². The zero-order valence-electron chi connectivity index (χ0n) is 15.8. The van der Waals surface area contributed by atoms with E-state index in [9.17, 15) is 0 Å². The van der Waals surface area contributed by atoms with E-state index in [4.69, 9.17) is 0 Å². The Hall–Kier alpha value is -0.400. The van der Waals surface area contributed by atoms with Crippen LogP contribution in [0, 0.1) is 0 Å². The third-order valence-electron chi connectivity index (χ3n) is 6.17. The molecule has 0 radical (unpaired) electrons. The molecule has 4 rings (SSSR count). The Morgan fingerprint density at radius 1 is 0.923 bits per heavy atom. The predicted molar refractivity (Wildman–Crippen MR) is 120 cm³/mol. The first kappa shape index (κ1) is 21.9. The minimum atomic E-state index is -3.12. The van der Waals surface area contributed by atoms with Gasteiger partial charge in [0, 0.05) is 0 Å². The molecule has 2 aromatic rings. The molecule has 0 bridgehead atoms. The maximum Gasteiger partial charge on any atom is -0.147 e. The first-order valence-electron chi connectivity index (χ1n) is 9.06. The molecule has 4 heteroatoms. The molecule has 0 N–H and O–H groups in total. The van der Waals surface area contributed by atoms with Crippen molar-refractivity contribution >= 4 is 31.7 Å². The van der Waals surface area contributed by atoms with Crippen LogP contribution in [0.3, 0.4) is 0 Å². The van der Waals surface area contributed by atoms with Crippen LogP contribution in [-0.2, 0) is 17.4 Å². The molecule has 2 aliphatic rings. The number of rotatable bonds is 3. The van der Waals surface area contributed by atoms with Crippen LogP contribution in [0.2, 0.25) is 9.26 Å². The average molecular weight is 483 g/mol. The van der Waals surface area contributed by atoms with Crippen molar-refractivity contribution in [2.75, 3.05) is 0 Å². The largest absolute Gasteiger partial charge is 0.147 e. The number of halogens is 2. The van der Waals surface area contributed by atoms with Gasteiger partial charge in [0.2, 0.25) is 0 Å². The molecule has 0 aromatic heterocycles. The van der Waals surface area contributed by atoms with Gasteiger partial charge in [0.25, 0.3) is 0 Å². The Balaban J connectivity index is 0.00000121. The van der Waals surface area contributed by atoms with Crippen molar-refractivity contribution in [1.82, 2.24) is 0 Å². The molecule has 2 aliphatic carbocycles. The molecule has 0 spiro atoms. The molecule has 0 atom stereocenters. The van der Waals surface area contributed by atoms with E-state index in [1.807, 2.05) is 0 Å². The van der Waals surface area contributed by atoms with E-state index in [2.05, 4.69) is 83.7 Å². The summed E-state index contributed by atoms with van der Waals surface area (Å²) in [6.07, 6.45) is 7.37. The SMILES string of the molecule is CCC1=CC[C]([Zr]([CH3])([CH3])(=[SiH2])[CH]2c3ccccc3-c3ccccc32)=C1.Cl.Cl. The summed E-state index contributed by atoms with van der Waals surface area (Å²) in [5.41, 5.74) is 7.64. The molecule has 138 valence electrons. The van der Waals surface area contributed by atoms with Gasteiger partial charge in [0.15, 0.2) is 0 Å². The Labute approximate surface area is 172 Å². The second-order valence-electron chi connectivity index (χ2n) is 8.42. The molecule has 0 nitrogen and oxygen atoms in total. The summed E-state index contributed by atoms with van der Waals surface area (Å²) >= 11 is -3.12. The molecule has 0 fully saturated rings. The maximum absolute atomic E-state index is 3.12. The van der Waals surface area contributed by atoms with Crippen LogP contribution >= 0.6 is 24.8 Å². The smallest absolute Gasteiger partial charge is 0.147 e. The molecule has 0 heterocycles. The molecule has 2 aromatic carbocycles. The van der Waals surface area contributed by atoms with Crippen molar-refractivity contribution < 1.29 is 17.4 Å². The van der Waals surface area contributed by atoms with Crippen molar-refractivity contribution in [1.29, 1.82) is 0 Å². The Bertz CT molecular complexity index is 920. The quantitative estimate of drug-likeness (QED) is 0.435. The maximum atomic E-state index is 2.67. The van der Waals surface area contributed by atoms with Gasteiger partial charge in [-0.2, -0.15) is 0 Å². The van der Waals surface area contributed by atoms with Gasteiger partial charge in [-0.3, -0.25) is 0 Å². The Morgan fingerprint density at radius 3 is 1.88 bits per heavy atom. The third kappa shape index (κ3) is 3.28. The Kier molecular flexibility index (Phi) is 6.36. The summed E-state index contributed by atoms with van der Waals surface area (Å²) in [5, 5.41) is 0. The first-order chi connectivity index (χ1) is 11.4. The minimum absolute atomic E-state index is 0. The number of fused-ring (bicyclic) bond motifs is 3. The molecule has 0 saturated heterocycles. The van der Waals surface area contributed by atoms with Crippen molar-refractivity contribution in [2.24, 2.45) is 0 Å². The van der Waals surface area contributed by atoms with E-state index >= 15 is 0 Å². The predicted octanol–water partition coefficient (Wildman–Crippen LogP) is 6.56. The van der Waals surface area contributed by atoms with E-state index in [1.165, 1.54) is 17.5 Å². The summed E-state index contributed by atoms with van der Waals surface area (Å²) in [6, 6.07) is 18.3. The van der Waals surface area contributed by atoms with Gasteiger partial charge in [0.05, 0.1) is 0 Å². The molecular weight excluding hydrogens is 454 g/mol. The van der Waals surface area contributed by atoms with Gasteiger partial charge in [-0.15, -0.1) is 24.8 Å². The summed E-state index contributed by atoms with van der Waals surface area (Å²) in [7, 11) is 0. The van der Waals surface area contributed by atoms with E-state index in [1.54, 1.807) is 20.0 Å². The monoisotopic (exact) mass is 480 g/mol. The molecule has 26 heavy (non-hydrogen) atoms. The van der Waals surface area contributed by atoms with Crippen LogP contribution < -0.4 is 0 Å². The zero-order chi connectivity index (χ0) is 17.0. The summed E-state index contributed by atoms with van der Waals surface area (Å²) < 4.78 is 7.74. The fourth-order valence-electron chi connectivity index (χ4n) is 4.74. The van der Waals surface area contributed by atoms with Gasteiger partial charge >= 0.3 is 149 Å². The normalized spacial score (nSPS) is 16.0. The van der Waals surface area contributed by atoms with Crippen LogP contribution in [0.1, 0.15) is 34.5 Å². The van der Waals surface area contributed by atoms with Crippen LogP contribution in [-0.4, -0.2) is 6.88 Å². The number of allylic oxidation sites excluding steroid dienone is 4. The van der Waals surface area contributed by atoms with Gasteiger partial charge in [-0.05, 0) is 0 Å². The fourth-order valence-corrected chi connectivity index (χ4v) is 19.4. The number of benzene rings is 2. The van der Waals surface area contributed by atoms with Crippen LogP contribution in [0.25, 0.3) is 11.1 Å². The second kappa shape index (κ2) is 7.55. The van der Waals surface area contributed by atoms with Gasteiger partial charge in [-0.25, -0.2) is 0 Å². The van der Waals surface area contributed by atoms with Gasteiger partial charge < -0.3 is 0 Å². The molecule has 0 saturated carbocycles. The van der Waals surface area contributed by atoms with E-state index in [-0.39, 0.29) is 24.8 Å². The van der Waals surface area contributed by atoms with Crippen LogP contribution in [0.5, 0.6) is 0 Å². The standard InChI is InChI=1S/C13H9.C7H9.2CH3.2ClH.H2Si.Zr/c1-3-7-12-10(5-1)9-11-6-2-4-8-13(11)12;1-2-7-5-3-4-6-7;;;;;;/h1-9H;5-6H,2-3H2,1H3;2*1H3;2*1H;1H2;. The van der Waals surface area contributed by atoms with Crippen LogP contribution in [0.4, 0.5) is 0 Å². The topological polar surface area (TPSA) is 0 Å².